The minimum Gasteiger partial charge on any atom is -0.388 e. The first-order valence-corrected chi connectivity index (χ1v) is 10.3. The highest BCUT2D eigenvalue weighted by Gasteiger charge is 2.29. The van der Waals surface area contributed by atoms with E-state index in [0.29, 0.717) is 13.2 Å². The van der Waals surface area contributed by atoms with Gasteiger partial charge in [-0.3, -0.25) is 9.69 Å². The van der Waals surface area contributed by atoms with Gasteiger partial charge in [-0.25, -0.2) is 4.98 Å². The van der Waals surface area contributed by atoms with E-state index in [1.165, 1.54) is 14.0 Å². The van der Waals surface area contributed by atoms with Crippen molar-refractivity contribution in [1.82, 2.24) is 19.4 Å². The summed E-state index contributed by atoms with van der Waals surface area (Å²) in [7, 11) is 3.46. The van der Waals surface area contributed by atoms with Crippen LogP contribution in [0, 0.1) is 0 Å². The summed E-state index contributed by atoms with van der Waals surface area (Å²) in [6, 6.07) is 0. The lowest BCUT2D eigenvalue weighted by atomic mass is 10.1. The van der Waals surface area contributed by atoms with Crippen LogP contribution in [0.1, 0.15) is 32.0 Å². The van der Waals surface area contributed by atoms with Crippen molar-refractivity contribution in [2.75, 3.05) is 46.5 Å². The SMILES string of the molecule is CO[C@H]1CN(C(C)=O)CCCN(Cc2nccn2C)CCCCOC[C@H](O)[C@@H]1O. The number of hydrogen-bond donors (Lipinski definition) is 2. The minimum absolute atomic E-state index is 0.0398. The number of aliphatic hydroxyl groups excluding tert-OH is 2. The van der Waals surface area contributed by atoms with Gasteiger partial charge >= 0.3 is 0 Å². The number of aryl methyl sites for hydroxylation is 1. The van der Waals surface area contributed by atoms with Gasteiger partial charge in [-0.2, -0.15) is 0 Å². The van der Waals surface area contributed by atoms with Crippen LogP contribution in [0.25, 0.3) is 0 Å². The van der Waals surface area contributed by atoms with Gasteiger partial charge in [-0.15, -0.1) is 0 Å². The molecule has 0 aliphatic carbocycles. The largest absolute Gasteiger partial charge is 0.388 e. The van der Waals surface area contributed by atoms with Crippen LogP contribution in [-0.4, -0.2) is 100 Å². The fraction of sp³-hybridized carbons (Fsp3) is 0.800. The molecular weight excluding hydrogens is 376 g/mol. The second-order valence-corrected chi connectivity index (χ2v) is 7.66. The van der Waals surface area contributed by atoms with Crippen molar-refractivity contribution in [2.45, 2.75) is 51.0 Å². The summed E-state index contributed by atoms with van der Waals surface area (Å²) in [6.07, 6.45) is 3.52. The lowest BCUT2D eigenvalue weighted by Gasteiger charge is -2.31. The van der Waals surface area contributed by atoms with Crippen LogP contribution in [-0.2, 0) is 27.9 Å². The van der Waals surface area contributed by atoms with Gasteiger partial charge < -0.3 is 29.2 Å². The van der Waals surface area contributed by atoms with E-state index in [2.05, 4.69) is 9.88 Å². The molecule has 1 aromatic heterocycles. The van der Waals surface area contributed by atoms with Gasteiger partial charge in [0.25, 0.3) is 0 Å². The van der Waals surface area contributed by atoms with E-state index in [1.54, 1.807) is 11.1 Å². The average Bonchev–Trinajstić information content (AvgIpc) is 3.09. The maximum Gasteiger partial charge on any atom is 0.219 e. The molecule has 1 aliphatic rings. The number of carbonyl (C=O) groups excluding carboxylic acids is 1. The van der Waals surface area contributed by atoms with Gasteiger partial charge in [0.15, 0.2) is 0 Å². The molecule has 2 rings (SSSR count). The Bertz CT molecular complexity index is 611. The molecular formula is C20H36N4O5. The van der Waals surface area contributed by atoms with E-state index < -0.39 is 18.3 Å². The number of methoxy groups -OCH3 is 1. The molecule has 2 heterocycles. The third-order valence-corrected chi connectivity index (χ3v) is 5.41. The lowest BCUT2D eigenvalue weighted by molar-refractivity contribution is -0.136. The monoisotopic (exact) mass is 412 g/mol. The number of aliphatic hydroxyl groups is 2. The van der Waals surface area contributed by atoms with Gasteiger partial charge in [-0.05, 0) is 25.8 Å². The fourth-order valence-corrected chi connectivity index (χ4v) is 3.51. The highest BCUT2D eigenvalue weighted by atomic mass is 16.5. The zero-order valence-corrected chi connectivity index (χ0v) is 17.9. The molecule has 1 aromatic rings. The van der Waals surface area contributed by atoms with Crippen molar-refractivity contribution in [2.24, 2.45) is 7.05 Å². The van der Waals surface area contributed by atoms with Crippen LogP contribution in [0.15, 0.2) is 12.4 Å². The van der Waals surface area contributed by atoms with Gasteiger partial charge in [-0.1, -0.05) is 0 Å². The van der Waals surface area contributed by atoms with E-state index >= 15 is 0 Å². The molecule has 0 radical (unpaired) electrons. The molecule has 0 spiro atoms. The van der Waals surface area contributed by atoms with Gasteiger partial charge in [0.1, 0.15) is 24.1 Å². The lowest BCUT2D eigenvalue weighted by Crippen LogP contribution is -2.48. The number of aromatic nitrogens is 2. The molecule has 0 bridgehead atoms. The highest BCUT2D eigenvalue weighted by molar-refractivity contribution is 5.73. The number of hydrogen-bond acceptors (Lipinski definition) is 7. The number of rotatable bonds is 3. The van der Waals surface area contributed by atoms with Crippen molar-refractivity contribution in [3.8, 4) is 0 Å². The van der Waals surface area contributed by atoms with E-state index in [9.17, 15) is 15.0 Å². The molecule has 0 saturated carbocycles. The Morgan fingerprint density at radius 3 is 2.69 bits per heavy atom. The molecule has 3 atom stereocenters. The third-order valence-electron chi connectivity index (χ3n) is 5.41. The smallest absolute Gasteiger partial charge is 0.219 e. The number of nitrogens with zero attached hydrogens (tertiary/aromatic N) is 4. The number of carbonyl (C=O) groups is 1. The number of amides is 1. The van der Waals surface area contributed by atoms with E-state index in [0.717, 1.165) is 44.7 Å². The first-order chi connectivity index (χ1) is 13.9. The van der Waals surface area contributed by atoms with Crippen molar-refractivity contribution in [1.29, 1.82) is 0 Å². The zero-order valence-electron chi connectivity index (χ0n) is 17.9. The first kappa shape index (κ1) is 23.8. The summed E-state index contributed by atoms with van der Waals surface area (Å²) >= 11 is 0. The Morgan fingerprint density at radius 1 is 1.28 bits per heavy atom. The van der Waals surface area contributed by atoms with E-state index in [1.807, 2.05) is 17.8 Å². The van der Waals surface area contributed by atoms with E-state index in [4.69, 9.17) is 9.47 Å². The molecule has 9 heteroatoms. The van der Waals surface area contributed by atoms with Crippen LogP contribution in [0.5, 0.6) is 0 Å². The second kappa shape index (κ2) is 12.2. The van der Waals surface area contributed by atoms with Gasteiger partial charge in [0.2, 0.25) is 5.91 Å². The molecule has 1 aliphatic heterocycles. The summed E-state index contributed by atoms with van der Waals surface area (Å²) in [5.41, 5.74) is 0. The maximum atomic E-state index is 12.1. The Balaban J connectivity index is 2.05. The Kier molecular flexibility index (Phi) is 10.0. The second-order valence-electron chi connectivity index (χ2n) is 7.66. The molecule has 29 heavy (non-hydrogen) atoms. The van der Waals surface area contributed by atoms with Crippen molar-refractivity contribution < 1.29 is 24.5 Å². The van der Waals surface area contributed by atoms with Gasteiger partial charge in [0.05, 0.1) is 13.2 Å². The first-order valence-electron chi connectivity index (χ1n) is 10.3. The van der Waals surface area contributed by atoms with Crippen molar-refractivity contribution in [3.63, 3.8) is 0 Å². The van der Waals surface area contributed by atoms with E-state index in [-0.39, 0.29) is 19.1 Å². The topological polar surface area (TPSA) is 100 Å². The van der Waals surface area contributed by atoms with Gasteiger partial charge in [0, 0.05) is 59.7 Å². The highest BCUT2D eigenvalue weighted by Crippen LogP contribution is 2.11. The predicted octanol–water partition coefficient (Wildman–Crippen LogP) is 0.00790. The Labute approximate surface area is 173 Å². The maximum absolute atomic E-state index is 12.1. The quantitative estimate of drug-likeness (QED) is 0.721. The van der Waals surface area contributed by atoms with Crippen LogP contribution >= 0.6 is 0 Å². The summed E-state index contributed by atoms with van der Waals surface area (Å²) in [5.74, 6) is 0.929. The van der Waals surface area contributed by atoms with Crippen LogP contribution in [0.3, 0.4) is 0 Å². The number of ether oxygens (including phenoxy) is 2. The molecule has 0 aromatic carbocycles. The Morgan fingerprint density at radius 2 is 2.03 bits per heavy atom. The summed E-state index contributed by atoms with van der Waals surface area (Å²) in [6.45, 7) is 5.35. The molecule has 1 amide bonds. The molecule has 1 saturated heterocycles. The molecule has 2 N–H and O–H groups in total. The van der Waals surface area contributed by atoms with Crippen LogP contribution in [0.2, 0.25) is 0 Å². The Hall–Kier alpha value is -1.52. The fourth-order valence-electron chi connectivity index (χ4n) is 3.51. The summed E-state index contributed by atoms with van der Waals surface area (Å²) in [4.78, 5) is 20.5. The van der Waals surface area contributed by atoms with Crippen LogP contribution < -0.4 is 0 Å². The third kappa shape index (κ3) is 7.67. The predicted molar refractivity (Wildman–Crippen MR) is 108 cm³/mol. The average molecular weight is 413 g/mol. The molecule has 0 unspecified atom stereocenters. The van der Waals surface area contributed by atoms with Crippen molar-refractivity contribution >= 4 is 5.91 Å². The molecule has 9 nitrogen and oxygen atoms in total. The summed E-state index contributed by atoms with van der Waals surface area (Å²) in [5, 5.41) is 20.6. The normalized spacial score (nSPS) is 26.7. The van der Waals surface area contributed by atoms with Crippen LogP contribution in [0.4, 0.5) is 0 Å². The number of imidazole rings is 1. The van der Waals surface area contributed by atoms with Crippen molar-refractivity contribution in [3.05, 3.63) is 18.2 Å². The minimum atomic E-state index is -1.12. The zero-order chi connectivity index (χ0) is 21.2. The molecule has 166 valence electrons. The summed E-state index contributed by atoms with van der Waals surface area (Å²) < 4.78 is 12.9. The standard InChI is InChI=1S/C20H36N4O5/c1-16(25)24-10-6-9-23(14-19-21-7-11-22(19)2)8-4-5-12-29-15-17(26)20(27)18(13-24)28-3/h7,11,17-18,20,26-27H,4-6,8-10,12-15H2,1-3H3/t17-,18-,20-/m0/s1. The molecule has 1 fully saturated rings.